The summed E-state index contributed by atoms with van der Waals surface area (Å²) in [6.07, 6.45) is 0. The first kappa shape index (κ1) is 12.4. The van der Waals surface area contributed by atoms with Gasteiger partial charge in [-0.1, -0.05) is 13.8 Å². The quantitative estimate of drug-likeness (QED) is 0.582. The Morgan fingerprint density at radius 1 is 1.62 bits per heavy atom. The van der Waals surface area contributed by atoms with Gasteiger partial charge >= 0.3 is 0 Å². The number of nitrogens with one attached hydrogen (secondary N) is 1. The monoisotopic (exact) mass is 188 g/mol. The van der Waals surface area contributed by atoms with Gasteiger partial charge in [0, 0.05) is 13.7 Å². The van der Waals surface area contributed by atoms with Crippen LogP contribution >= 0.6 is 0 Å². The number of rotatable bonds is 6. The molecule has 0 bridgehead atoms. The summed E-state index contributed by atoms with van der Waals surface area (Å²) in [6.45, 7) is 6.95. The fourth-order valence-electron chi connectivity index (χ4n) is 0.989. The Morgan fingerprint density at radius 3 is 2.46 bits per heavy atom. The number of carbonyl (C=O) groups excluding carboxylic acids is 1. The number of carbonyl (C=O) groups is 1. The average Bonchev–Trinajstić information content (AvgIpc) is 2.03. The van der Waals surface area contributed by atoms with Crippen LogP contribution < -0.4 is 11.1 Å². The van der Waals surface area contributed by atoms with Crippen LogP contribution in [0.5, 0.6) is 0 Å². The van der Waals surface area contributed by atoms with Gasteiger partial charge in [0.05, 0.1) is 12.1 Å². The van der Waals surface area contributed by atoms with Crippen molar-refractivity contribution >= 4 is 5.91 Å². The van der Waals surface area contributed by atoms with Crippen molar-refractivity contribution in [2.75, 3.05) is 20.3 Å². The van der Waals surface area contributed by atoms with Gasteiger partial charge < -0.3 is 15.8 Å². The van der Waals surface area contributed by atoms with E-state index in [0.29, 0.717) is 13.2 Å². The number of ether oxygens (including phenoxy) is 1. The average molecular weight is 188 g/mol. The maximum absolute atomic E-state index is 11.2. The zero-order chi connectivity index (χ0) is 10.5. The number of nitrogens with two attached hydrogens (primary N) is 1. The van der Waals surface area contributed by atoms with Crippen molar-refractivity contribution in [2.24, 2.45) is 11.7 Å². The summed E-state index contributed by atoms with van der Waals surface area (Å²) < 4.78 is 4.88. The van der Waals surface area contributed by atoms with Crippen LogP contribution in [0.1, 0.15) is 20.8 Å². The van der Waals surface area contributed by atoms with Crippen molar-refractivity contribution < 1.29 is 9.53 Å². The second-order valence-electron chi connectivity index (χ2n) is 3.64. The van der Waals surface area contributed by atoms with Gasteiger partial charge in [-0.15, -0.1) is 0 Å². The van der Waals surface area contributed by atoms with E-state index in [1.54, 1.807) is 7.11 Å². The summed E-state index contributed by atoms with van der Waals surface area (Å²) in [5.74, 6) is -0.152. The molecule has 0 aromatic rings. The number of hydrogen-bond acceptors (Lipinski definition) is 3. The Morgan fingerprint density at radius 2 is 2.15 bits per heavy atom. The molecule has 0 aromatic heterocycles. The highest BCUT2D eigenvalue weighted by atomic mass is 16.5. The van der Waals surface area contributed by atoms with Crippen LogP contribution in [0, 0.1) is 5.92 Å². The fraction of sp³-hybridized carbons (Fsp3) is 0.889. The zero-order valence-corrected chi connectivity index (χ0v) is 8.89. The van der Waals surface area contributed by atoms with Crippen molar-refractivity contribution in [2.45, 2.75) is 26.3 Å². The maximum atomic E-state index is 11.2. The Kier molecular flexibility index (Phi) is 4.95. The molecule has 3 N–H and O–H groups in total. The van der Waals surface area contributed by atoms with Crippen LogP contribution in [0.2, 0.25) is 0 Å². The summed E-state index contributed by atoms with van der Waals surface area (Å²) in [5, 5.41) is 3.10. The van der Waals surface area contributed by atoms with Gasteiger partial charge in [-0.05, 0) is 12.8 Å². The number of methoxy groups -OCH3 is 1. The van der Waals surface area contributed by atoms with E-state index < -0.39 is 5.54 Å². The molecule has 1 amide bonds. The molecule has 0 rings (SSSR count). The minimum atomic E-state index is -0.640. The second kappa shape index (κ2) is 5.19. The summed E-state index contributed by atoms with van der Waals surface area (Å²) in [6, 6.07) is 0. The minimum Gasteiger partial charge on any atom is -0.383 e. The van der Waals surface area contributed by atoms with Crippen molar-refractivity contribution in [1.82, 2.24) is 5.32 Å². The molecule has 0 radical (unpaired) electrons. The lowest BCUT2D eigenvalue weighted by atomic mass is 9.88. The van der Waals surface area contributed by atoms with Crippen LogP contribution in [-0.2, 0) is 9.53 Å². The number of amides is 1. The largest absolute Gasteiger partial charge is 0.383 e. The molecule has 0 saturated carbocycles. The zero-order valence-electron chi connectivity index (χ0n) is 8.89. The molecule has 1 atom stereocenters. The molecule has 4 nitrogen and oxygen atoms in total. The normalized spacial score (nSPS) is 15.8. The number of primary amides is 1. The Bertz CT molecular complexity index is 171. The molecule has 0 spiro atoms. The van der Waals surface area contributed by atoms with Crippen LogP contribution in [0.25, 0.3) is 0 Å². The van der Waals surface area contributed by atoms with Crippen molar-refractivity contribution in [1.29, 1.82) is 0 Å². The van der Waals surface area contributed by atoms with Crippen molar-refractivity contribution in [3.63, 3.8) is 0 Å². The SMILES string of the molecule is COCCNC(C)(C(N)=O)C(C)C. The van der Waals surface area contributed by atoms with Crippen molar-refractivity contribution in [3.8, 4) is 0 Å². The highest BCUT2D eigenvalue weighted by Gasteiger charge is 2.33. The van der Waals surface area contributed by atoms with E-state index in [-0.39, 0.29) is 11.8 Å². The summed E-state index contributed by atoms with van der Waals surface area (Å²) in [7, 11) is 1.62. The lowest BCUT2D eigenvalue weighted by Crippen LogP contribution is -2.57. The maximum Gasteiger partial charge on any atom is 0.237 e. The van der Waals surface area contributed by atoms with Gasteiger partial charge in [-0.3, -0.25) is 4.79 Å². The van der Waals surface area contributed by atoms with Gasteiger partial charge in [-0.2, -0.15) is 0 Å². The van der Waals surface area contributed by atoms with E-state index in [1.807, 2.05) is 20.8 Å². The van der Waals surface area contributed by atoms with E-state index in [0.717, 1.165) is 0 Å². The van der Waals surface area contributed by atoms with E-state index in [4.69, 9.17) is 10.5 Å². The van der Waals surface area contributed by atoms with E-state index in [1.165, 1.54) is 0 Å². The van der Waals surface area contributed by atoms with Gasteiger partial charge in [0.25, 0.3) is 0 Å². The van der Waals surface area contributed by atoms with Gasteiger partial charge in [0.1, 0.15) is 0 Å². The molecule has 0 aliphatic heterocycles. The first-order chi connectivity index (χ1) is 5.95. The van der Waals surface area contributed by atoms with Gasteiger partial charge in [-0.25, -0.2) is 0 Å². The lowest BCUT2D eigenvalue weighted by molar-refractivity contribution is -0.125. The summed E-state index contributed by atoms with van der Waals surface area (Å²) in [5.41, 5.74) is 4.67. The van der Waals surface area contributed by atoms with Gasteiger partial charge in [0.15, 0.2) is 0 Å². The molecule has 0 heterocycles. The molecule has 0 fully saturated rings. The Hall–Kier alpha value is -0.610. The van der Waals surface area contributed by atoms with Crippen LogP contribution in [0.15, 0.2) is 0 Å². The summed E-state index contributed by atoms with van der Waals surface area (Å²) >= 11 is 0. The molecule has 13 heavy (non-hydrogen) atoms. The molecule has 0 saturated heterocycles. The lowest BCUT2D eigenvalue weighted by Gasteiger charge is -2.31. The van der Waals surface area contributed by atoms with E-state index >= 15 is 0 Å². The Balaban J connectivity index is 4.17. The van der Waals surface area contributed by atoms with E-state index in [2.05, 4.69) is 5.32 Å². The third kappa shape index (κ3) is 3.32. The highest BCUT2D eigenvalue weighted by Crippen LogP contribution is 2.15. The third-order valence-corrected chi connectivity index (χ3v) is 2.46. The predicted molar refractivity (Wildman–Crippen MR) is 52.3 cm³/mol. The molecule has 0 aliphatic carbocycles. The topological polar surface area (TPSA) is 64.3 Å². The van der Waals surface area contributed by atoms with Crippen LogP contribution in [-0.4, -0.2) is 31.7 Å². The molecular weight excluding hydrogens is 168 g/mol. The molecular formula is C9H20N2O2. The standard InChI is InChI=1S/C9H20N2O2/c1-7(2)9(3,8(10)12)11-5-6-13-4/h7,11H,5-6H2,1-4H3,(H2,10,12). The van der Waals surface area contributed by atoms with Gasteiger partial charge in [0.2, 0.25) is 5.91 Å². The number of hydrogen-bond donors (Lipinski definition) is 2. The highest BCUT2D eigenvalue weighted by molar-refractivity contribution is 5.84. The predicted octanol–water partition coefficient (Wildman–Crippen LogP) is 0.122. The molecule has 0 aliphatic rings. The van der Waals surface area contributed by atoms with Crippen LogP contribution in [0.4, 0.5) is 0 Å². The first-order valence-corrected chi connectivity index (χ1v) is 4.49. The van der Waals surface area contributed by atoms with Crippen molar-refractivity contribution in [3.05, 3.63) is 0 Å². The van der Waals surface area contributed by atoms with E-state index in [9.17, 15) is 4.79 Å². The second-order valence-corrected chi connectivity index (χ2v) is 3.64. The third-order valence-electron chi connectivity index (χ3n) is 2.46. The first-order valence-electron chi connectivity index (χ1n) is 4.49. The minimum absolute atomic E-state index is 0.168. The smallest absolute Gasteiger partial charge is 0.237 e. The molecule has 1 unspecified atom stereocenters. The van der Waals surface area contributed by atoms with Crippen LogP contribution in [0.3, 0.4) is 0 Å². The molecule has 78 valence electrons. The molecule has 0 aromatic carbocycles. The Labute approximate surface area is 79.8 Å². The molecule has 4 heteroatoms. The fourth-order valence-corrected chi connectivity index (χ4v) is 0.989. The summed E-state index contributed by atoms with van der Waals surface area (Å²) in [4.78, 5) is 11.2.